The van der Waals surface area contributed by atoms with E-state index in [0.717, 1.165) is 71.2 Å². The fourth-order valence-corrected chi connectivity index (χ4v) is 3.88. The molecule has 4 aliphatic rings. The zero-order valence-electron chi connectivity index (χ0n) is 12.8. The highest BCUT2D eigenvalue weighted by Gasteiger charge is 2.55. The number of amides is 2. The number of carbonyl (C=O) groups is 1. The maximum atomic E-state index is 12.4. The Labute approximate surface area is 126 Å². The summed E-state index contributed by atoms with van der Waals surface area (Å²) in [5, 5.41) is 0. The van der Waals surface area contributed by atoms with Gasteiger partial charge < -0.3 is 19.3 Å². The molecule has 0 aromatic heterocycles. The van der Waals surface area contributed by atoms with Crippen molar-refractivity contribution in [1.82, 2.24) is 9.80 Å². The van der Waals surface area contributed by atoms with E-state index >= 15 is 0 Å². The second kappa shape index (κ2) is 5.43. The van der Waals surface area contributed by atoms with Gasteiger partial charge in [0.15, 0.2) is 0 Å². The van der Waals surface area contributed by atoms with Crippen LogP contribution in [-0.4, -0.2) is 67.4 Å². The van der Waals surface area contributed by atoms with E-state index in [1.54, 1.807) is 0 Å². The monoisotopic (exact) mass is 294 g/mol. The van der Waals surface area contributed by atoms with E-state index in [0.29, 0.717) is 5.92 Å². The molecule has 0 N–H and O–H groups in total. The van der Waals surface area contributed by atoms with Crippen LogP contribution in [-0.2, 0) is 9.47 Å². The lowest BCUT2D eigenvalue weighted by atomic mass is 9.81. The minimum Gasteiger partial charge on any atom is -0.381 e. The second-order valence-corrected chi connectivity index (χ2v) is 7.21. The molecule has 1 atom stereocenters. The van der Waals surface area contributed by atoms with E-state index in [4.69, 9.17) is 9.47 Å². The molecule has 5 heteroatoms. The van der Waals surface area contributed by atoms with Gasteiger partial charge in [0.05, 0.1) is 19.7 Å². The maximum Gasteiger partial charge on any atom is 0.320 e. The lowest BCUT2D eigenvalue weighted by Crippen LogP contribution is -2.68. The molecular formula is C16H26N2O3. The summed E-state index contributed by atoms with van der Waals surface area (Å²) in [5.41, 5.74) is -0.0983. The average molecular weight is 294 g/mol. The zero-order chi connectivity index (χ0) is 14.3. The highest BCUT2D eigenvalue weighted by atomic mass is 16.5. The molecule has 1 aliphatic carbocycles. The Morgan fingerprint density at radius 3 is 2.57 bits per heavy atom. The summed E-state index contributed by atoms with van der Waals surface area (Å²) in [7, 11) is 0. The van der Waals surface area contributed by atoms with Gasteiger partial charge >= 0.3 is 6.03 Å². The third-order valence-corrected chi connectivity index (χ3v) is 5.53. The van der Waals surface area contributed by atoms with Gasteiger partial charge in [-0.2, -0.15) is 0 Å². The maximum absolute atomic E-state index is 12.4. The molecular weight excluding hydrogens is 268 g/mol. The van der Waals surface area contributed by atoms with Gasteiger partial charge in [-0.05, 0) is 38.0 Å². The van der Waals surface area contributed by atoms with Crippen molar-refractivity contribution in [1.29, 1.82) is 0 Å². The van der Waals surface area contributed by atoms with Gasteiger partial charge in [-0.25, -0.2) is 4.79 Å². The first-order chi connectivity index (χ1) is 10.3. The number of likely N-dealkylation sites (tertiary alicyclic amines) is 2. The molecule has 0 radical (unpaired) electrons. The minimum absolute atomic E-state index is 0.0983. The molecule has 5 nitrogen and oxygen atoms in total. The summed E-state index contributed by atoms with van der Waals surface area (Å²) < 4.78 is 11.9. The van der Waals surface area contributed by atoms with Crippen LogP contribution >= 0.6 is 0 Å². The zero-order valence-corrected chi connectivity index (χ0v) is 12.8. The van der Waals surface area contributed by atoms with Gasteiger partial charge in [-0.3, -0.25) is 0 Å². The van der Waals surface area contributed by atoms with Gasteiger partial charge in [0.2, 0.25) is 0 Å². The molecule has 0 aromatic rings. The van der Waals surface area contributed by atoms with Crippen molar-refractivity contribution in [3.05, 3.63) is 0 Å². The van der Waals surface area contributed by atoms with Gasteiger partial charge in [0.1, 0.15) is 5.60 Å². The molecule has 4 fully saturated rings. The predicted molar refractivity (Wildman–Crippen MR) is 78.1 cm³/mol. The van der Waals surface area contributed by atoms with E-state index in [1.165, 1.54) is 12.8 Å². The van der Waals surface area contributed by atoms with Crippen molar-refractivity contribution in [2.24, 2.45) is 11.8 Å². The van der Waals surface area contributed by atoms with E-state index in [2.05, 4.69) is 0 Å². The predicted octanol–water partition coefficient (Wildman–Crippen LogP) is 1.72. The fourth-order valence-electron chi connectivity index (χ4n) is 3.88. The Hall–Kier alpha value is -0.810. The molecule has 118 valence electrons. The van der Waals surface area contributed by atoms with Crippen molar-refractivity contribution < 1.29 is 14.3 Å². The van der Waals surface area contributed by atoms with Crippen molar-refractivity contribution in [3.63, 3.8) is 0 Å². The van der Waals surface area contributed by atoms with Crippen LogP contribution in [0.3, 0.4) is 0 Å². The summed E-state index contributed by atoms with van der Waals surface area (Å²) in [5.74, 6) is 1.29. The van der Waals surface area contributed by atoms with Crippen molar-refractivity contribution in [2.75, 3.05) is 46.0 Å². The largest absolute Gasteiger partial charge is 0.381 e. The molecule has 1 spiro atoms. The molecule has 1 saturated carbocycles. The van der Waals surface area contributed by atoms with Crippen LogP contribution in [0.25, 0.3) is 0 Å². The van der Waals surface area contributed by atoms with Gasteiger partial charge in [0.25, 0.3) is 0 Å². The number of carbonyl (C=O) groups excluding carboxylic acids is 1. The average Bonchev–Trinajstić information content (AvgIpc) is 2.96. The first-order valence-corrected chi connectivity index (χ1v) is 8.52. The molecule has 4 rings (SSSR count). The van der Waals surface area contributed by atoms with Crippen LogP contribution in [0.5, 0.6) is 0 Å². The Balaban J connectivity index is 1.27. The van der Waals surface area contributed by atoms with E-state index < -0.39 is 0 Å². The van der Waals surface area contributed by atoms with Crippen molar-refractivity contribution in [3.8, 4) is 0 Å². The van der Waals surface area contributed by atoms with Gasteiger partial charge in [0, 0.05) is 32.2 Å². The fraction of sp³-hybridized carbons (Fsp3) is 0.938. The summed E-state index contributed by atoms with van der Waals surface area (Å²) >= 11 is 0. The van der Waals surface area contributed by atoms with Crippen molar-refractivity contribution in [2.45, 2.75) is 37.7 Å². The van der Waals surface area contributed by atoms with Crippen LogP contribution in [0.15, 0.2) is 0 Å². The molecule has 2 amide bonds. The van der Waals surface area contributed by atoms with Gasteiger partial charge in [-0.15, -0.1) is 0 Å². The standard InChI is InChI=1S/C16H26N2O3/c19-15(17-6-1-2-7-17)18-11-16(12-18)14(5-8-21-16)10-20-9-13-3-4-13/h13-14H,1-12H2/t14-/m1/s1. The SMILES string of the molecule is O=C(N1CCCC1)N1CC2(C1)OCC[C@@H]2COCC1CC1. The normalized spacial score (nSPS) is 31.0. The number of rotatable bonds is 4. The number of hydrogen-bond donors (Lipinski definition) is 0. The van der Waals surface area contributed by atoms with Crippen LogP contribution in [0.1, 0.15) is 32.1 Å². The quantitative estimate of drug-likeness (QED) is 0.793. The number of urea groups is 1. The molecule has 3 saturated heterocycles. The van der Waals surface area contributed by atoms with Crippen molar-refractivity contribution >= 4 is 6.03 Å². The Morgan fingerprint density at radius 2 is 1.86 bits per heavy atom. The summed E-state index contributed by atoms with van der Waals surface area (Å²) in [6.45, 7) is 5.93. The molecule has 0 aromatic carbocycles. The Bertz CT molecular complexity index is 398. The highest BCUT2D eigenvalue weighted by molar-refractivity contribution is 5.76. The minimum atomic E-state index is -0.0983. The number of ether oxygens (including phenoxy) is 2. The van der Waals surface area contributed by atoms with Crippen LogP contribution in [0.2, 0.25) is 0 Å². The molecule has 3 heterocycles. The van der Waals surface area contributed by atoms with E-state index in [-0.39, 0.29) is 11.6 Å². The lowest BCUT2D eigenvalue weighted by Gasteiger charge is -2.50. The first kappa shape index (κ1) is 13.8. The topological polar surface area (TPSA) is 42.0 Å². The Morgan fingerprint density at radius 1 is 1.10 bits per heavy atom. The highest BCUT2D eigenvalue weighted by Crippen LogP contribution is 2.41. The third-order valence-electron chi connectivity index (χ3n) is 5.53. The number of nitrogens with zero attached hydrogens (tertiary/aromatic N) is 2. The second-order valence-electron chi connectivity index (χ2n) is 7.21. The first-order valence-electron chi connectivity index (χ1n) is 8.52. The number of hydrogen-bond acceptors (Lipinski definition) is 3. The third kappa shape index (κ3) is 2.66. The van der Waals surface area contributed by atoms with Crippen LogP contribution < -0.4 is 0 Å². The summed E-state index contributed by atoms with van der Waals surface area (Å²) in [6.07, 6.45) is 6.06. The van der Waals surface area contributed by atoms with Gasteiger partial charge in [-0.1, -0.05) is 0 Å². The van der Waals surface area contributed by atoms with E-state index in [9.17, 15) is 4.79 Å². The molecule has 0 bridgehead atoms. The van der Waals surface area contributed by atoms with Crippen LogP contribution in [0, 0.1) is 11.8 Å². The molecule has 21 heavy (non-hydrogen) atoms. The lowest BCUT2D eigenvalue weighted by molar-refractivity contribution is -0.129. The van der Waals surface area contributed by atoms with E-state index in [1.807, 2.05) is 9.80 Å². The summed E-state index contributed by atoms with van der Waals surface area (Å²) in [6, 6.07) is 0.214. The smallest absolute Gasteiger partial charge is 0.320 e. The summed E-state index contributed by atoms with van der Waals surface area (Å²) in [4.78, 5) is 16.3. The molecule has 3 aliphatic heterocycles. The Kier molecular flexibility index (Phi) is 3.58. The molecule has 0 unspecified atom stereocenters. The van der Waals surface area contributed by atoms with Crippen LogP contribution in [0.4, 0.5) is 4.79 Å².